The van der Waals surface area contributed by atoms with E-state index in [9.17, 15) is 36.8 Å². The van der Waals surface area contributed by atoms with Crippen molar-refractivity contribution in [3.05, 3.63) is 47.7 Å². The molecule has 1 aromatic carbocycles. The van der Waals surface area contributed by atoms with Gasteiger partial charge in [-0.25, -0.2) is 32.3 Å². The SMILES string of the molecule is CC1(C)C(NC(=O)O)=N[C@](C)(c2cc(NC(=O)c3cnc(OCC(F)(F)C(F)F)cn3)ccc2F)[C@@H]2CC=NS21O. The summed E-state index contributed by atoms with van der Waals surface area (Å²) >= 11 is 0. The first kappa shape index (κ1) is 30.1. The molecule has 0 aliphatic carbocycles. The first-order valence-corrected chi connectivity index (χ1v) is 13.5. The monoisotopic (exact) mass is 604 g/mol. The first-order chi connectivity index (χ1) is 19.0. The summed E-state index contributed by atoms with van der Waals surface area (Å²) in [5, 5.41) is 13.3. The number of amidine groups is 1. The van der Waals surface area contributed by atoms with Crippen molar-refractivity contribution in [3.63, 3.8) is 0 Å². The van der Waals surface area contributed by atoms with Gasteiger partial charge in [0.15, 0.2) is 6.61 Å². The Morgan fingerprint density at radius 1 is 1.20 bits per heavy atom. The Hall–Kier alpha value is -3.86. The maximum absolute atomic E-state index is 15.3. The number of nitrogens with one attached hydrogen (secondary N) is 2. The fraction of sp³-hybridized carbons (Fsp3) is 0.417. The number of carbonyl (C=O) groups is 2. The Morgan fingerprint density at radius 2 is 1.90 bits per heavy atom. The molecule has 41 heavy (non-hydrogen) atoms. The van der Waals surface area contributed by atoms with Gasteiger partial charge in [0, 0.05) is 23.9 Å². The second kappa shape index (κ2) is 10.5. The molecule has 11 nitrogen and oxygen atoms in total. The molecule has 2 aromatic rings. The maximum Gasteiger partial charge on any atom is 0.410 e. The minimum Gasteiger partial charge on any atom is -0.470 e. The van der Waals surface area contributed by atoms with Crippen LogP contribution < -0.4 is 15.4 Å². The molecular formula is C24H25F5N6O5S. The number of benzene rings is 1. The molecule has 2 aliphatic rings. The van der Waals surface area contributed by atoms with Crippen LogP contribution in [0.3, 0.4) is 0 Å². The number of ether oxygens (including phenoxy) is 1. The molecule has 4 rings (SSSR count). The third kappa shape index (κ3) is 5.42. The third-order valence-corrected chi connectivity index (χ3v) is 10.4. The number of hydrogen-bond donors (Lipinski definition) is 4. The van der Waals surface area contributed by atoms with Crippen molar-refractivity contribution in [1.29, 1.82) is 0 Å². The summed E-state index contributed by atoms with van der Waals surface area (Å²) < 4.78 is 85.3. The van der Waals surface area contributed by atoms with Gasteiger partial charge in [0.1, 0.15) is 22.9 Å². The molecule has 3 heterocycles. The number of hydrogen-bond acceptors (Lipinski definition) is 8. The number of fused-ring (bicyclic) bond motifs is 1. The summed E-state index contributed by atoms with van der Waals surface area (Å²) in [6.45, 7) is 3.09. The predicted octanol–water partition coefficient (Wildman–Crippen LogP) is 4.86. The smallest absolute Gasteiger partial charge is 0.410 e. The molecule has 222 valence electrons. The topological polar surface area (TPSA) is 158 Å². The van der Waals surface area contributed by atoms with Crippen LogP contribution in [0.5, 0.6) is 5.88 Å². The van der Waals surface area contributed by atoms with E-state index >= 15 is 4.39 Å². The van der Waals surface area contributed by atoms with Crippen LogP contribution in [0.4, 0.5) is 32.4 Å². The quantitative estimate of drug-likeness (QED) is 0.329. The molecule has 4 N–H and O–H groups in total. The highest BCUT2D eigenvalue weighted by molar-refractivity contribution is 8.30. The van der Waals surface area contributed by atoms with Crippen molar-refractivity contribution in [1.82, 2.24) is 15.3 Å². The summed E-state index contributed by atoms with van der Waals surface area (Å²) in [4.78, 5) is 36.2. The van der Waals surface area contributed by atoms with E-state index in [4.69, 9.17) is 0 Å². The van der Waals surface area contributed by atoms with Gasteiger partial charge in [-0.1, -0.05) is 0 Å². The molecule has 1 unspecified atom stereocenters. The Labute approximate surface area is 231 Å². The van der Waals surface area contributed by atoms with Crippen molar-refractivity contribution in [2.45, 2.75) is 55.1 Å². The van der Waals surface area contributed by atoms with Gasteiger partial charge in [-0.05, 0) is 49.5 Å². The van der Waals surface area contributed by atoms with Gasteiger partial charge in [-0.15, -0.1) is 0 Å². The number of amides is 2. The van der Waals surface area contributed by atoms with Crippen molar-refractivity contribution in [3.8, 4) is 5.88 Å². The van der Waals surface area contributed by atoms with E-state index in [-0.39, 0.29) is 29.2 Å². The lowest BCUT2D eigenvalue weighted by Crippen LogP contribution is -2.57. The van der Waals surface area contributed by atoms with Crippen LogP contribution in [0.15, 0.2) is 40.0 Å². The van der Waals surface area contributed by atoms with Crippen molar-refractivity contribution in [2.24, 2.45) is 9.39 Å². The van der Waals surface area contributed by atoms with E-state index in [0.29, 0.717) is 0 Å². The standard InChI is InChI=1S/C24H25F5N6O5S/c1-22(2)20(34-21(37)38)35-23(3,16-6-7-32-41(16,22)39)13-8-12(4-5-14(13)25)33-18(36)15-9-31-17(10-30-15)40-11-24(28,29)19(26)27/h4-5,7-10,16,19,39H,6,11H2,1-3H3,(H,33,36)(H,34,35)(H,37,38)/t16-,23+/m0/s1. The minimum atomic E-state index is -4.40. The van der Waals surface area contributed by atoms with Crippen molar-refractivity contribution in [2.75, 3.05) is 11.9 Å². The van der Waals surface area contributed by atoms with Crippen LogP contribution in [0.1, 0.15) is 43.2 Å². The first-order valence-electron chi connectivity index (χ1n) is 11.9. The van der Waals surface area contributed by atoms with Crippen molar-refractivity contribution >= 4 is 40.2 Å². The van der Waals surface area contributed by atoms with Gasteiger partial charge in [0.2, 0.25) is 5.88 Å². The lowest BCUT2D eigenvalue weighted by Gasteiger charge is -2.55. The summed E-state index contributed by atoms with van der Waals surface area (Å²) in [5.41, 5.74) is -1.77. The Bertz CT molecular complexity index is 1430. The molecule has 0 saturated carbocycles. The summed E-state index contributed by atoms with van der Waals surface area (Å²) in [5.74, 6) is -6.59. The minimum absolute atomic E-state index is 0.0493. The molecule has 0 bridgehead atoms. The zero-order chi connectivity index (χ0) is 30.4. The van der Waals surface area contributed by atoms with Crippen LogP contribution in [0, 0.1) is 5.82 Å². The predicted molar refractivity (Wildman–Crippen MR) is 140 cm³/mol. The molecular weight excluding hydrogens is 579 g/mol. The summed E-state index contributed by atoms with van der Waals surface area (Å²) in [7, 11) is -2.95. The lowest BCUT2D eigenvalue weighted by molar-refractivity contribution is -0.148. The number of nitrogens with zero attached hydrogens (tertiary/aromatic N) is 4. The van der Waals surface area contributed by atoms with Gasteiger partial charge in [0.25, 0.3) is 5.91 Å². The summed E-state index contributed by atoms with van der Waals surface area (Å²) in [6, 6.07) is 3.59. The molecule has 2 aliphatic heterocycles. The number of carbonyl (C=O) groups excluding carboxylic acids is 1. The third-order valence-electron chi connectivity index (χ3n) is 6.83. The van der Waals surface area contributed by atoms with E-state index < -0.39 is 68.7 Å². The fourth-order valence-corrected chi connectivity index (χ4v) is 7.51. The number of alkyl halides is 4. The second-order valence-corrected chi connectivity index (χ2v) is 12.9. The Balaban J connectivity index is 1.61. The molecule has 2 amide bonds. The van der Waals surface area contributed by atoms with Gasteiger partial charge in [-0.2, -0.15) is 8.78 Å². The van der Waals surface area contributed by atoms with Crippen LogP contribution in [-0.2, 0) is 5.54 Å². The van der Waals surface area contributed by atoms with Crippen LogP contribution >= 0.6 is 10.5 Å². The largest absolute Gasteiger partial charge is 0.470 e. The van der Waals surface area contributed by atoms with Gasteiger partial charge < -0.3 is 19.7 Å². The summed E-state index contributed by atoms with van der Waals surface area (Å²) in [6.07, 6.45) is -1.96. The van der Waals surface area contributed by atoms with Crippen LogP contribution in [0.25, 0.3) is 0 Å². The molecule has 0 saturated heterocycles. The molecule has 0 fully saturated rings. The van der Waals surface area contributed by atoms with Gasteiger partial charge >= 0.3 is 18.4 Å². The van der Waals surface area contributed by atoms with Gasteiger partial charge in [-0.3, -0.25) is 15.1 Å². The Kier molecular flexibility index (Phi) is 7.72. The lowest BCUT2D eigenvalue weighted by atomic mass is 9.86. The van der Waals surface area contributed by atoms with Crippen molar-refractivity contribution < 1.29 is 45.9 Å². The van der Waals surface area contributed by atoms with E-state index in [0.717, 1.165) is 18.5 Å². The van der Waals surface area contributed by atoms with E-state index in [1.54, 1.807) is 13.8 Å². The van der Waals surface area contributed by atoms with E-state index in [2.05, 4.69) is 34.7 Å². The van der Waals surface area contributed by atoms with Crippen LogP contribution in [-0.4, -0.2) is 72.6 Å². The number of aliphatic imine (C=N–C) groups is 1. The van der Waals surface area contributed by atoms with Crippen LogP contribution in [0.2, 0.25) is 0 Å². The fourth-order valence-electron chi connectivity index (χ4n) is 4.52. The number of aromatic nitrogens is 2. The average Bonchev–Trinajstić information content (AvgIpc) is 3.32. The molecule has 3 atom stereocenters. The molecule has 0 radical (unpaired) electrons. The highest BCUT2D eigenvalue weighted by Crippen LogP contribution is 2.70. The molecule has 17 heteroatoms. The zero-order valence-electron chi connectivity index (χ0n) is 21.7. The molecule has 0 spiro atoms. The number of rotatable bonds is 7. The zero-order valence-corrected chi connectivity index (χ0v) is 22.6. The highest BCUT2D eigenvalue weighted by Gasteiger charge is 2.61. The number of halogens is 5. The normalized spacial score (nSPS) is 26.5. The number of anilines is 1. The number of carboxylic acid groups (broad SMARTS) is 1. The maximum atomic E-state index is 15.3. The highest BCUT2D eigenvalue weighted by atomic mass is 32.3. The second-order valence-electron chi connectivity index (χ2n) is 9.89. The Morgan fingerprint density at radius 3 is 2.51 bits per heavy atom. The average molecular weight is 605 g/mol. The van der Waals surface area contributed by atoms with E-state index in [1.165, 1.54) is 25.3 Å². The van der Waals surface area contributed by atoms with Gasteiger partial charge in [0.05, 0.1) is 22.4 Å². The molecule has 1 aromatic heterocycles. The van der Waals surface area contributed by atoms with E-state index in [1.807, 2.05) is 0 Å².